The van der Waals surface area contributed by atoms with E-state index in [2.05, 4.69) is 74.6 Å². The van der Waals surface area contributed by atoms with Gasteiger partial charge in [-0.25, -0.2) is 0 Å². The summed E-state index contributed by atoms with van der Waals surface area (Å²) in [6.45, 7) is 2.49. The second-order valence-corrected chi connectivity index (χ2v) is 18.7. The van der Waals surface area contributed by atoms with Crippen LogP contribution in [0.4, 0.5) is 0 Å². The van der Waals surface area contributed by atoms with E-state index < -0.39 is 99.3 Å². The molecule has 0 saturated carbocycles. The molecule has 2 saturated heterocycles. The Kier molecular flexibility index (Phi) is 37.7. The molecule has 0 bridgehead atoms. The molecule has 70 heavy (non-hydrogen) atoms. The second kappa shape index (κ2) is 41.6. The first kappa shape index (κ1) is 63.3. The Bertz CT molecular complexity index is 1450. The van der Waals surface area contributed by atoms with Crippen LogP contribution >= 0.6 is 0 Å². The number of unbranched alkanes of at least 4 members (excludes halogenated alkanes) is 17. The first-order valence-corrected chi connectivity index (χ1v) is 26.9. The molecule has 0 aliphatic carbocycles. The lowest BCUT2D eigenvalue weighted by Gasteiger charge is -2.42. The van der Waals surface area contributed by atoms with Gasteiger partial charge in [0, 0.05) is 12.8 Å². The lowest BCUT2D eigenvalue weighted by Crippen LogP contribution is -2.61. The number of ether oxygens (including phenoxy) is 6. The van der Waals surface area contributed by atoms with E-state index in [1.807, 2.05) is 0 Å². The van der Waals surface area contributed by atoms with Gasteiger partial charge < -0.3 is 64.2 Å². The summed E-state index contributed by atoms with van der Waals surface area (Å²) < 4.78 is 33.6. The molecule has 7 N–H and O–H groups in total. The van der Waals surface area contributed by atoms with Crippen LogP contribution in [0.25, 0.3) is 0 Å². The van der Waals surface area contributed by atoms with Crippen LogP contribution in [-0.4, -0.2) is 142 Å². The van der Waals surface area contributed by atoms with E-state index in [0.29, 0.717) is 12.8 Å². The van der Waals surface area contributed by atoms with E-state index in [1.165, 1.54) is 70.6 Å². The Morgan fingerprint density at radius 2 is 0.857 bits per heavy atom. The van der Waals surface area contributed by atoms with Crippen molar-refractivity contribution in [3.05, 3.63) is 60.8 Å². The average molecular weight is 995 g/mol. The van der Waals surface area contributed by atoms with Crippen LogP contribution < -0.4 is 0 Å². The van der Waals surface area contributed by atoms with Crippen molar-refractivity contribution in [3.63, 3.8) is 0 Å². The van der Waals surface area contributed by atoms with Gasteiger partial charge in [0.05, 0.1) is 19.8 Å². The van der Waals surface area contributed by atoms with Gasteiger partial charge in [0.2, 0.25) is 0 Å². The quantitative estimate of drug-likeness (QED) is 0.0175. The average Bonchev–Trinajstić information content (AvgIpc) is 3.35. The summed E-state index contributed by atoms with van der Waals surface area (Å²) in [4.78, 5) is 25.8. The predicted molar refractivity (Wildman–Crippen MR) is 270 cm³/mol. The van der Waals surface area contributed by atoms with Gasteiger partial charge in [0.1, 0.15) is 55.4 Å². The number of esters is 2. The van der Waals surface area contributed by atoms with Gasteiger partial charge in [-0.1, -0.05) is 145 Å². The molecule has 0 amide bonds. The van der Waals surface area contributed by atoms with E-state index in [0.717, 1.165) is 70.6 Å². The van der Waals surface area contributed by atoms with Crippen LogP contribution in [0.15, 0.2) is 60.8 Å². The third kappa shape index (κ3) is 29.0. The zero-order valence-corrected chi connectivity index (χ0v) is 42.7. The molecule has 11 atom stereocenters. The van der Waals surface area contributed by atoms with Crippen molar-refractivity contribution in [2.75, 3.05) is 26.4 Å². The number of hydrogen-bond donors (Lipinski definition) is 7. The molecular weight excluding hydrogens is 901 g/mol. The molecule has 15 heteroatoms. The van der Waals surface area contributed by atoms with Crippen LogP contribution in [0.3, 0.4) is 0 Å². The topological polar surface area (TPSA) is 231 Å². The Labute approximate surface area is 420 Å². The van der Waals surface area contributed by atoms with Gasteiger partial charge in [-0.05, 0) is 83.5 Å². The first-order valence-electron chi connectivity index (χ1n) is 26.9. The van der Waals surface area contributed by atoms with Crippen molar-refractivity contribution in [2.45, 2.75) is 248 Å². The molecule has 0 aromatic carbocycles. The number of carbonyl (C=O) groups excluding carboxylic acids is 2. The van der Waals surface area contributed by atoms with Crippen molar-refractivity contribution in [2.24, 2.45) is 0 Å². The highest BCUT2D eigenvalue weighted by Gasteiger charge is 2.47. The van der Waals surface area contributed by atoms with Crippen LogP contribution in [0.5, 0.6) is 0 Å². The highest BCUT2D eigenvalue weighted by atomic mass is 16.7. The van der Waals surface area contributed by atoms with E-state index in [9.17, 15) is 45.3 Å². The first-order chi connectivity index (χ1) is 34.0. The van der Waals surface area contributed by atoms with Crippen molar-refractivity contribution in [1.82, 2.24) is 0 Å². The van der Waals surface area contributed by atoms with Crippen LogP contribution in [0.2, 0.25) is 0 Å². The summed E-state index contributed by atoms with van der Waals surface area (Å²) in [5, 5.41) is 72.1. The van der Waals surface area contributed by atoms with Gasteiger partial charge in [-0.15, -0.1) is 0 Å². The number of aliphatic hydroxyl groups excluding tert-OH is 7. The van der Waals surface area contributed by atoms with Gasteiger partial charge in [-0.2, -0.15) is 0 Å². The monoisotopic (exact) mass is 995 g/mol. The third-order valence-electron chi connectivity index (χ3n) is 12.5. The summed E-state index contributed by atoms with van der Waals surface area (Å²) in [6, 6.07) is 0. The van der Waals surface area contributed by atoms with E-state index in [4.69, 9.17) is 28.4 Å². The maximum absolute atomic E-state index is 13.0. The van der Waals surface area contributed by atoms with Crippen molar-refractivity contribution in [1.29, 1.82) is 0 Å². The maximum Gasteiger partial charge on any atom is 0.306 e. The molecule has 2 aliphatic heterocycles. The molecule has 404 valence electrons. The van der Waals surface area contributed by atoms with Gasteiger partial charge in [0.25, 0.3) is 0 Å². The largest absolute Gasteiger partial charge is 0.462 e. The number of carbonyl (C=O) groups is 2. The lowest BCUT2D eigenvalue weighted by atomic mass is 9.98. The third-order valence-corrected chi connectivity index (χ3v) is 12.5. The summed E-state index contributed by atoms with van der Waals surface area (Å²) in [6.07, 6.45) is 31.0. The molecule has 0 spiro atoms. The molecule has 4 unspecified atom stereocenters. The minimum atomic E-state index is -1.77. The fourth-order valence-electron chi connectivity index (χ4n) is 8.02. The molecule has 0 aromatic rings. The van der Waals surface area contributed by atoms with Gasteiger partial charge in [0.15, 0.2) is 18.7 Å². The molecule has 15 nitrogen and oxygen atoms in total. The lowest BCUT2D eigenvalue weighted by molar-refractivity contribution is -0.332. The molecule has 0 aromatic heterocycles. The zero-order valence-electron chi connectivity index (χ0n) is 42.7. The number of hydrogen-bond acceptors (Lipinski definition) is 15. The minimum absolute atomic E-state index is 0.150. The fourth-order valence-corrected chi connectivity index (χ4v) is 8.02. The van der Waals surface area contributed by atoms with Crippen molar-refractivity contribution in [3.8, 4) is 0 Å². The predicted octanol–water partition coefficient (Wildman–Crippen LogP) is 8.05. The number of allylic oxidation sites excluding steroid dienone is 10. The van der Waals surface area contributed by atoms with Gasteiger partial charge in [-0.3, -0.25) is 9.59 Å². The van der Waals surface area contributed by atoms with Crippen LogP contribution in [0.1, 0.15) is 181 Å². The summed E-state index contributed by atoms with van der Waals surface area (Å²) in [5.74, 6) is -0.976. The van der Waals surface area contributed by atoms with E-state index >= 15 is 0 Å². The summed E-state index contributed by atoms with van der Waals surface area (Å²) in [7, 11) is 0. The standard InChI is InChI=1S/C55H94O15/c1-3-5-7-9-11-13-15-17-19-20-21-22-24-26-28-30-32-34-36-38-47(58)68-43(40-65-46(57)37-35-33-31-29-27-25-23-18-16-14-12-10-8-6-4-2)41-66-54-53(64)51(62)49(60)45(70-54)42-67-55-52(63)50(61)48(59)44(39-56)69-55/h11-14,17-19,23,27,29,43-45,48-56,59-64H,3-10,15-16,20-22,24-26,28,30-42H2,1-2H3/b13-11+,14-12+,19-17+,23-18+,29-27+/t43-,44+,45+,48-,49-,50?,51?,52?,53?,54+,55+/m1/s1. The minimum Gasteiger partial charge on any atom is -0.462 e. The second-order valence-electron chi connectivity index (χ2n) is 18.7. The number of aliphatic hydroxyl groups is 7. The van der Waals surface area contributed by atoms with Gasteiger partial charge >= 0.3 is 11.9 Å². The molecule has 2 heterocycles. The highest BCUT2D eigenvalue weighted by molar-refractivity contribution is 5.70. The van der Waals surface area contributed by atoms with Crippen LogP contribution in [-0.2, 0) is 38.0 Å². The van der Waals surface area contributed by atoms with Crippen LogP contribution in [0, 0.1) is 0 Å². The maximum atomic E-state index is 13.0. The Balaban J connectivity index is 1.81. The Hall–Kier alpha value is -2.80. The zero-order chi connectivity index (χ0) is 51.0. The molecule has 2 aliphatic rings. The Morgan fingerprint density at radius 1 is 0.457 bits per heavy atom. The Morgan fingerprint density at radius 3 is 1.37 bits per heavy atom. The number of rotatable bonds is 41. The smallest absolute Gasteiger partial charge is 0.306 e. The summed E-state index contributed by atoms with van der Waals surface area (Å²) in [5.41, 5.74) is 0. The van der Waals surface area contributed by atoms with E-state index in [-0.39, 0.29) is 19.4 Å². The van der Waals surface area contributed by atoms with E-state index in [1.54, 1.807) is 0 Å². The SMILES string of the molecule is CCCCC/C=C/C/C=C/C/C=C/CCCCC(=O)OC[C@H](CO[C@H]1O[C@@H](CO[C@H]2O[C@@H](CO)[C@@H](O)C(O)C2O)[C@@H](O)C(O)C1O)OC(=O)CCCCCCCCCCC/C=C/C/C=C/CCCCC. The van der Waals surface area contributed by atoms with Crippen molar-refractivity contribution < 1.29 is 73.8 Å². The highest BCUT2D eigenvalue weighted by Crippen LogP contribution is 2.26. The molecular formula is C55H94O15. The fraction of sp³-hybridized carbons (Fsp3) is 0.782. The van der Waals surface area contributed by atoms with Crippen molar-refractivity contribution >= 4 is 11.9 Å². The molecule has 0 radical (unpaired) electrons. The summed E-state index contributed by atoms with van der Waals surface area (Å²) >= 11 is 0. The molecule has 2 fully saturated rings. The normalized spacial score (nSPS) is 25.8. The molecule has 2 rings (SSSR count).